The number of para-hydroxylation sites is 1. The second kappa shape index (κ2) is 9.84. The smallest absolute Gasteiger partial charge is 0.245 e. The van der Waals surface area contributed by atoms with E-state index in [-0.39, 0.29) is 30.8 Å². The lowest BCUT2D eigenvalue weighted by atomic mass is 10.2. The fourth-order valence-electron chi connectivity index (χ4n) is 3.88. The van der Waals surface area contributed by atoms with Crippen LogP contribution < -0.4 is 16.2 Å². The Balaban J connectivity index is 1.27. The highest BCUT2D eigenvalue weighted by atomic mass is 16.5. The van der Waals surface area contributed by atoms with Gasteiger partial charge in [0, 0.05) is 36.9 Å². The van der Waals surface area contributed by atoms with Crippen LogP contribution in [0, 0.1) is 0 Å². The Labute approximate surface area is 195 Å². The fraction of sp³-hybridized carbons (Fsp3) is 0.292. The average Bonchev–Trinajstić information content (AvgIpc) is 3.56. The quantitative estimate of drug-likeness (QED) is 0.346. The van der Waals surface area contributed by atoms with Gasteiger partial charge in [-0.2, -0.15) is 4.52 Å². The molecule has 10 nitrogen and oxygen atoms in total. The number of rotatable bonds is 8. The van der Waals surface area contributed by atoms with E-state index in [0.717, 1.165) is 30.4 Å². The fourth-order valence-corrected chi connectivity index (χ4v) is 3.88. The van der Waals surface area contributed by atoms with Crippen LogP contribution in [0.2, 0.25) is 0 Å². The molecule has 1 fully saturated rings. The summed E-state index contributed by atoms with van der Waals surface area (Å²) in [5, 5.41) is 8.26. The first-order chi connectivity index (χ1) is 16.7. The van der Waals surface area contributed by atoms with Crippen molar-refractivity contribution in [3.8, 4) is 11.4 Å². The summed E-state index contributed by atoms with van der Waals surface area (Å²) >= 11 is 0. The molecule has 0 bridgehead atoms. The Bertz CT molecular complexity index is 1320. The van der Waals surface area contributed by atoms with Gasteiger partial charge in [-0.25, -0.2) is 9.97 Å². The number of nitrogens with zero attached hydrogens (tertiary/aromatic N) is 4. The van der Waals surface area contributed by atoms with E-state index >= 15 is 0 Å². The maximum absolute atomic E-state index is 12.4. The standard InChI is InChI=1S/C24H25N7O3/c32-20(25-15-17-9-6-14-34-17)12-13-21(33)28-29-24-26-19-11-5-4-10-18(19)23-27-22(30-31(23)24)16-7-2-1-3-8-16/h1-5,7-8,10-11,17H,6,9,12-15H2,(H,25,32)(H,26,29)(H,28,33). The monoisotopic (exact) mass is 459 g/mol. The van der Waals surface area contributed by atoms with Gasteiger partial charge in [-0.1, -0.05) is 42.5 Å². The number of hydrogen-bond donors (Lipinski definition) is 3. The van der Waals surface area contributed by atoms with Gasteiger partial charge in [-0.15, -0.1) is 5.10 Å². The Morgan fingerprint density at radius 1 is 1.00 bits per heavy atom. The minimum atomic E-state index is -0.334. The van der Waals surface area contributed by atoms with E-state index in [2.05, 4.69) is 26.3 Å². The molecule has 174 valence electrons. The van der Waals surface area contributed by atoms with Crippen molar-refractivity contribution in [2.75, 3.05) is 18.6 Å². The van der Waals surface area contributed by atoms with Crippen molar-refractivity contribution in [2.45, 2.75) is 31.8 Å². The molecular formula is C24H25N7O3. The van der Waals surface area contributed by atoms with Crippen LogP contribution in [0.1, 0.15) is 25.7 Å². The molecule has 0 radical (unpaired) electrons. The van der Waals surface area contributed by atoms with E-state index in [0.29, 0.717) is 29.5 Å². The highest BCUT2D eigenvalue weighted by Crippen LogP contribution is 2.23. The summed E-state index contributed by atoms with van der Waals surface area (Å²) in [6.07, 6.45) is 2.16. The number of nitrogens with one attached hydrogen (secondary N) is 3. The third kappa shape index (κ3) is 4.81. The SMILES string of the molecule is O=C(CCC(=O)NNc1nc2ccccc2c2nc(-c3ccccc3)nn12)NCC1CCCO1. The molecule has 1 aliphatic rings. The van der Waals surface area contributed by atoms with Gasteiger partial charge in [0.15, 0.2) is 11.5 Å². The molecular weight excluding hydrogens is 434 g/mol. The Morgan fingerprint density at radius 2 is 1.79 bits per heavy atom. The van der Waals surface area contributed by atoms with Crippen LogP contribution in [0.5, 0.6) is 0 Å². The number of anilines is 1. The molecule has 5 rings (SSSR count). The number of ether oxygens (including phenoxy) is 1. The average molecular weight is 460 g/mol. The zero-order valence-electron chi connectivity index (χ0n) is 18.5. The third-order valence-electron chi connectivity index (χ3n) is 5.65. The molecule has 0 spiro atoms. The largest absolute Gasteiger partial charge is 0.376 e. The summed E-state index contributed by atoms with van der Waals surface area (Å²) in [4.78, 5) is 33.7. The van der Waals surface area contributed by atoms with Crippen LogP contribution in [0.25, 0.3) is 27.9 Å². The number of hydrazine groups is 1. The molecule has 2 aromatic heterocycles. The van der Waals surface area contributed by atoms with Gasteiger partial charge in [-0.3, -0.25) is 20.4 Å². The second-order valence-electron chi connectivity index (χ2n) is 8.10. The van der Waals surface area contributed by atoms with E-state index in [9.17, 15) is 9.59 Å². The van der Waals surface area contributed by atoms with Gasteiger partial charge in [-0.05, 0) is 25.0 Å². The van der Waals surface area contributed by atoms with Crippen LogP contribution in [0.3, 0.4) is 0 Å². The molecule has 10 heteroatoms. The Hall–Kier alpha value is -4.05. The van der Waals surface area contributed by atoms with Crippen LogP contribution in [0.4, 0.5) is 5.95 Å². The van der Waals surface area contributed by atoms with E-state index in [1.807, 2.05) is 54.6 Å². The zero-order chi connectivity index (χ0) is 23.3. The van der Waals surface area contributed by atoms with Crippen molar-refractivity contribution >= 4 is 34.3 Å². The van der Waals surface area contributed by atoms with E-state index in [1.165, 1.54) is 0 Å². The predicted molar refractivity (Wildman–Crippen MR) is 127 cm³/mol. The lowest BCUT2D eigenvalue weighted by Gasteiger charge is -2.11. The van der Waals surface area contributed by atoms with E-state index in [1.54, 1.807) is 4.52 Å². The van der Waals surface area contributed by atoms with E-state index in [4.69, 9.17) is 9.72 Å². The molecule has 0 aliphatic carbocycles. The first-order valence-electron chi connectivity index (χ1n) is 11.3. The third-order valence-corrected chi connectivity index (χ3v) is 5.65. The molecule has 2 aromatic carbocycles. The Kier molecular flexibility index (Phi) is 6.30. The number of benzene rings is 2. The molecule has 3 heterocycles. The number of carbonyl (C=O) groups excluding carboxylic acids is 2. The first kappa shape index (κ1) is 21.8. The minimum absolute atomic E-state index is 0.0354. The van der Waals surface area contributed by atoms with Crippen molar-refractivity contribution in [1.82, 2.24) is 30.3 Å². The predicted octanol–water partition coefficient (Wildman–Crippen LogP) is 2.46. The summed E-state index contributed by atoms with van der Waals surface area (Å²) < 4.78 is 7.06. The summed E-state index contributed by atoms with van der Waals surface area (Å²) in [5.41, 5.74) is 7.67. The molecule has 0 saturated carbocycles. The number of hydrogen-bond acceptors (Lipinski definition) is 7. The van der Waals surface area contributed by atoms with Crippen LogP contribution >= 0.6 is 0 Å². The summed E-state index contributed by atoms with van der Waals surface area (Å²) in [7, 11) is 0. The minimum Gasteiger partial charge on any atom is -0.376 e. The van der Waals surface area contributed by atoms with Gasteiger partial charge >= 0.3 is 0 Å². The summed E-state index contributed by atoms with van der Waals surface area (Å²) in [6, 6.07) is 17.3. The summed E-state index contributed by atoms with van der Waals surface area (Å²) in [5.74, 6) is 0.357. The lowest BCUT2D eigenvalue weighted by Crippen LogP contribution is -2.34. The molecule has 34 heavy (non-hydrogen) atoms. The molecule has 1 unspecified atom stereocenters. The number of aromatic nitrogens is 4. The molecule has 1 atom stereocenters. The molecule has 1 saturated heterocycles. The van der Waals surface area contributed by atoms with Crippen molar-refractivity contribution < 1.29 is 14.3 Å². The maximum Gasteiger partial charge on any atom is 0.245 e. The van der Waals surface area contributed by atoms with Gasteiger partial charge in [0.25, 0.3) is 0 Å². The van der Waals surface area contributed by atoms with Crippen LogP contribution in [-0.4, -0.2) is 50.7 Å². The normalized spacial score (nSPS) is 15.5. The van der Waals surface area contributed by atoms with Gasteiger partial charge in [0.2, 0.25) is 17.8 Å². The zero-order valence-corrected chi connectivity index (χ0v) is 18.5. The van der Waals surface area contributed by atoms with Crippen molar-refractivity contribution in [3.63, 3.8) is 0 Å². The first-order valence-corrected chi connectivity index (χ1v) is 11.3. The van der Waals surface area contributed by atoms with Crippen molar-refractivity contribution in [1.29, 1.82) is 0 Å². The molecule has 1 aliphatic heterocycles. The van der Waals surface area contributed by atoms with Crippen molar-refractivity contribution in [2.24, 2.45) is 0 Å². The van der Waals surface area contributed by atoms with Gasteiger partial charge in [0.05, 0.1) is 11.6 Å². The van der Waals surface area contributed by atoms with Gasteiger partial charge < -0.3 is 10.1 Å². The van der Waals surface area contributed by atoms with Crippen molar-refractivity contribution in [3.05, 3.63) is 54.6 Å². The Morgan fingerprint density at radius 3 is 2.62 bits per heavy atom. The highest BCUT2D eigenvalue weighted by Gasteiger charge is 2.17. The lowest BCUT2D eigenvalue weighted by molar-refractivity contribution is -0.126. The van der Waals surface area contributed by atoms with E-state index < -0.39 is 0 Å². The van der Waals surface area contributed by atoms with Crippen LogP contribution in [-0.2, 0) is 14.3 Å². The molecule has 4 aromatic rings. The molecule has 2 amide bonds. The van der Waals surface area contributed by atoms with Gasteiger partial charge in [0.1, 0.15) is 0 Å². The van der Waals surface area contributed by atoms with Crippen LogP contribution in [0.15, 0.2) is 54.6 Å². The second-order valence-corrected chi connectivity index (χ2v) is 8.10. The number of amides is 2. The number of carbonyl (C=O) groups is 2. The molecule has 3 N–H and O–H groups in total. The summed E-state index contributed by atoms with van der Waals surface area (Å²) in [6.45, 7) is 1.22. The number of fused-ring (bicyclic) bond motifs is 3. The maximum atomic E-state index is 12.4. The highest BCUT2D eigenvalue weighted by molar-refractivity contribution is 5.93. The topological polar surface area (TPSA) is 123 Å².